The van der Waals surface area contributed by atoms with Gasteiger partial charge >= 0.3 is 6.03 Å². The lowest BCUT2D eigenvalue weighted by molar-refractivity contribution is -0.136. The Balaban J connectivity index is 1.35. The van der Waals surface area contributed by atoms with Crippen molar-refractivity contribution in [1.82, 2.24) is 19.7 Å². The van der Waals surface area contributed by atoms with E-state index in [1.807, 2.05) is 41.3 Å². The van der Waals surface area contributed by atoms with Gasteiger partial charge in [-0.1, -0.05) is 66.2 Å². The van der Waals surface area contributed by atoms with E-state index < -0.39 is 5.54 Å². The zero-order chi connectivity index (χ0) is 24.3. The van der Waals surface area contributed by atoms with Crippen LogP contribution in [0.15, 0.2) is 79.0 Å². The fourth-order valence-corrected chi connectivity index (χ4v) is 5.40. The van der Waals surface area contributed by atoms with Crippen molar-refractivity contribution < 1.29 is 9.59 Å². The van der Waals surface area contributed by atoms with Gasteiger partial charge < -0.3 is 4.90 Å². The Morgan fingerprint density at radius 3 is 2.31 bits per heavy atom. The van der Waals surface area contributed by atoms with Gasteiger partial charge in [0, 0.05) is 32.4 Å². The fraction of sp³-hybridized carbons (Fsp3) is 0.345. The zero-order valence-corrected chi connectivity index (χ0v) is 20.3. The number of amides is 3. The first-order valence-electron chi connectivity index (χ1n) is 12.4. The summed E-state index contributed by atoms with van der Waals surface area (Å²) in [6.45, 7) is 5.29. The first-order chi connectivity index (χ1) is 17.0. The summed E-state index contributed by atoms with van der Waals surface area (Å²) in [5, 5.41) is 0. The summed E-state index contributed by atoms with van der Waals surface area (Å²) < 4.78 is 0. The van der Waals surface area contributed by atoms with Crippen molar-refractivity contribution in [3.8, 4) is 0 Å². The lowest BCUT2D eigenvalue weighted by Gasteiger charge is -2.42. The number of imide groups is 1. The second-order valence-corrected chi connectivity index (χ2v) is 9.68. The van der Waals surface area contributed by atoms with Crippen LogP contribution in [-0.2, 0) is 24.3 Å². The van der Waals surface area contributed by atoms with Gasteiger partial charge in [-0.15, -0.1) is 0 Å². The van der Waals surface area contributed by atoms with Gasteiger partial charge in [0.1, 0.15) is 5.54 Å². The first kappa shape index (κ1) is 23.2. The maximum absolute atomic E-state index is 13.8. The summed E-state index contributed by atoms with van der Waals surface area (Å²) >= 11 is 0. The number of aryl methyl sites for hydroxylation is 1. The lowest BCUT2D eigenvalue weighted by atomic mass is 9.85. The van der Waals surface area contributed by atoms with E-state index in [4.69, 9.17) is 0 Å². The van der Waals surface area contributed by atoms with Crippen LogP contribution in [0.3, 0.4) is 0 Å². The van der Waals surface area contributed by atoms with Gasteiger partial charge in [-0.05, 0) is 49.4 Å². The molecule has 5 rings (SSSR count). The van der Waals surface area contributed by atoms with Crippen LogP contribution in [-0.4, -0.2) is 56.8 Å². The molecular weight excluding hydrogens is 436 g/mol. The predicted molar refractivity (Wildman–Crippen MR) is 135 cm³/mol. The Hall–Kier alpha value is -3.51. The minimum Gasteiger partial charge on any atom is -0.309 e. The van der Waals surface area contributed by atoms with E-state index in [9.17, 15) is 9.59 Å². The highest BCUT2D eigenvalue weighted by Gasteiger charge is 2.57. The number of aromatic nitrogens is 1. The molecule has 0 bridgehead atoms. The topological polar surface area (TPSA) is 56.8 Å². The Kier molecular flexibility index (Phi) is 6.64. The average molecular weight is 469 g/mol. The third-order valence-electron chi connectivity index (χ3n) is 7.31. The normalized spacial score (nSPS) is 18.0. The molecule has 6 heteroatoms. The molecule has 3 heterocycles. The minimum atomic E-state index is -0.774. The molecule has 0 aliphatic carbocycles. The smallest absolute Gasteiger partial charge is 0.309 e. The highest BCUT2D eigenvalue weighted by Crippen LogP contribution is 2.38. The maximum atomic E-state index is 13.8. The number of hydrogen-bond acceptors (Lipinski definition) is 4. The summed E-state index contributed by atoms with van der Waals surface area (Å²) in [5.41, 5.74) is 3.66. The number of carbonyl (C=O) groups is 2. The summed E-state index contributed by atoms with van der Waals surface area (Å²) in [6, 6.07) is 24.2. The summed E-state index contributed by atoms with van der Waals surface area (Å²) in [5.74, 6) is -0.0728. The number of benzene rings is 2. The molecule has 0 radical (unpaired) electrons. The quantitative estimate of drug-likeness (QED) is 0.482. The van der Waals surface area contributed by atoms with Crippen LogP contribution in [0.25, 0.3) is 0 Å². The Bertz CT molecular complexity index is 1170. The molecule has 0 N–H and O–H groups in total. The van der Waals surface area contributed by atoms with Crippen LogP contribution < -0.4 is 0 Å². The maximum Gasteiger partial charge on any atom is 0.328 e. The number of likely N-dealkylation sites (tertiary alicyclic amines) is 1. The van der Waals surface area contributed by atoms with Crippen molar-refractivity contribution >= 4 is 11.9 Å². The van der Waals surface area contributed by atoms with Crippen LogP contribution in [0, 0.1) is 6.92 Å². The Morgan fingerprint density at radius 1 is 0.857 bits per heavy atom. The molecule has 2 aromatic carbocycles. The van der Waals surface area contributed by atoms with Crippen molar-refractivity contribution in [2.24, 2.45) is 0 Å². The summed E-state index contributed by atoms with van der Waals surface area (Å²) in [4.78, 5) is 37.5. The third-order valence-corrected chi connectivity index (χ3v) is 7.31. The number of carbonyl (C=O) groups excluding carboxylic acids is 2. The molecule has 0 saturated carbocycles. The molecule has 0 atom stereocenters. The SMILES string of the molecule is Cc1cccc(CN2CCC3(CC2)C(=O)N(Cc2ccccn2)C(=O)N3CCc2ccccc2)c1. The molecule has 2 saturated heterocycles. The number of hydrogen-bond donors (Lipinski definition) is 0. The molecule has 1 aromatic heterocycles. The largest absolute Gasteiger partial charge is 0.328 e. The van der Waals surface area contributed by atoms with Crippen molar-refractivity contribution in [3.05, 3.63) is 101 Å². The Labute approximate surface area is 207 Å². The minimum absolute atomic E-state index is 0.0728. The van der Waals surface area contributed by atoms with Gasteiger partial charge in [0.2, 0.25) is 0 Å². The Morgan fingerprint density at radius 2 is 1.60 bits per heavy atom. The number of piperidine rings is 1. The van der Waals surface area contributed by atoms with E-state index in [1.165, 1.54) is 21.6 Å². The molecular formula is C29H32N4O2. The third kappa shape index (κ3) is 4.84. The van der Waals surface area contributed by atoms with Gasteiger partial charge in [0.15, 0.2) is 0 Å². The molecule has 6 nitrogen and oxygen atoms in total. The van der Waals surface area contributed by atoms with Crippen LogP contribution in [0.1, 0.15) is 35.2 Å². The van der Waals surface area contributed by atoms with Crippen molar-refractivity contribution in [1.29, 1.82) is 0 Å². The average Bonchev–Trinajstić information content (AvgIpc) is 3.06. The highest BCUT2D eigenvalue weighted by atomic mass is 16.2. The van der Waals surface area contributed by atoms with Gasteiger partial charge in [-0.25, -0.2) is 4.79 Å². The number of nitrogens with zero attached hydrogens (tertiary/aromatic N) is 4. The summed E-state index contributed by atoms with van der Waals surface area (Å²) in [7, 11) is 0. The van der Waals surface area contributed by atoms with Gasteiger partial charge in [0.05, 0.1) is 12.2 Å². The van der Waals surface area contributed by atoms with Crippen LogP contribution >= 0.6 is 0 Å². The number of urea groups is 1. The van der Waals surface area contributed by atoms with E-state index in [0.29, 0.717) is 19.4 Å². The molecule has 2 aliphatic heterocycles. The monoisotopic (exact) mass is 468 g/mol. The molecule has 0 unspecified atom stereocenters. The van der Waals surface area contributed by atoms with Crippen LogP contribution in [0.4, 0.5) is 4.79 Å². The van der Waals surface area contributed by atoms with E-state index in [0.717, 1.165) is 31.7 Å². The van der Waals surface area contributed by atoms with Crippen molar-refractivity contribution in [2.75, 3.05) is 19.6 Å². The van der Waals surface area contributed by atoms with Gasteiger partial charge in [-0.3, -0.25) is 19.6 Å². The molecule has 2 aliphatic rings. The summed E-state index contributed by atoms with van der Waals surface area (Å²) in [6.07, 6.45) is 3.73. The second kappa shape index (κ2) is 10.0. The molecule has 35 heavy (non-hydrogen) atoms. The number of pyridine rings is 1. The predicted octanol–water partition coefficient (Wildman–Crippen LogP) is 4.43. The fourth-order valence-electron chi connectivity index (χ4n) is 5.40. The molecule has 180 valence electrons. The van der Waals surface area contributed by atoms with Crippen molar-refractivity contribution in [2.45, 2.75) is 44.8 Å². The lowest BCUT2D eigenvalue weighted by Crippen LogP contribution is -2.56. The number of rotatable bonds is 7. The highest BCUT2D eigenvalue weighted by molar-refractivity contribution is 6.07. The van der Waals surface area contributed by atoms with E-state index in [1.54, 1.807) is 6.20 Å². The standard InChI is InChI=1S/C29H32N4O2/c1-23-8-7-11-25(20-23)21-31-18-14-29(15-19-31)27(34)32(22-26-12-5-6-16-30-26)28(35)33(29)17-13-24-9-3-2-4-10-24/h2-12,16,20H,13-15,17-19,21-22H2,1H3. The molecule has 2 fully saturated rings. The van der Waals surface area contributed by atoms with E-state index >= 15 is 0 Å². The van der Waals surface area contributed by atoms with E-state index in [2.05, 4.69) is 53.2 Å². The van der Waals surface area contributed by atoms with Gasteiger partial charge in [-0.2, -0.15) is 0 Å². The van der Waals surface area contributed by atoms with Crippen LogP contribution in [0.5, 0.6) is 0 Å². The van der Waals surface area contributed by atoms with Crippen LogP contribution in [0.2, 0.25) is 0 Å². The first-order valence-corrected chi connectivity index (χ1v) is 12.4. The molecule has 3 amide bonds. The van der Waals surface area contributed by atoms with Crippen molar-refractivity contribution in [3.63, 3.8) is 0 Å². The second-order valence-electron chi connectivity index (χ2n) is 9.68. The van der Waals surface area contributed by atoms with E-state index in [-0.39, 0.29) is 18.5 Å². The van der Waals surface area contributed by atoms with Gasteiger partial charge in [0.25, 0.3) is 5.91 Å². The molecule has 1 spiro atoms. The molecule has 3 aromatic rings. The zero-order valence-electron chi connectivity index (χ0n) is 20.3.